The van der Waals surface area contributed by atoms with E-state index in [0.29, 0.717) is 16.5 Å². The standard InChI is InChI=1S/C17H15N3O2S/c1-23-12-6-4-5-11(9-12)18-16(21)10-15-13-7-2-3-8-14(13)17(22)20-19-15/h2-9H,10H2,1H3,(H,18,21)(H,20,22). The van der Waals surface area contributed by atoms with E-state index in [1.165, 1.54) is 0 Å². The highest BCUT2D eigenvalue weighted by molar-refractivity contribution is 7.98. The SMILES string of the molecule is CSc1cccc(NC(=O)Cc2n[nH]c(=O)c3ccccc23)c1. The predicted octanol–water partition coefficient (Wildman–Crippen LogP) is 2.83. The molecule has 0 saturated heterocycles. The van der Waals surface area contributed by atoms with E-state index in [-0.39, 0.29) is 17.9 Å². The molecule has 0 fully saturated rings. The van der Waals surface area contributed by atoms with E-state index in [4.69, 9.17) is 0 Å². The molecule has 5 nitrogen and oxygen atoms in total. The van der Waals surface area contributed by atoms with Gasteiger partial charge in [-0.15, -0.1) is 11.8 Å². The van der Waals surface area contributed by atoms with E-state index >= 15 is 0 Å². The van der Waals surface area contributed by atoms with Crippen LogP contribution in [0.5, 0.6) is 0 Å². The average Bonchev–Trinajstić information content (AvgIpc) is 2.58. The van der Waals surface area contributed by atoms with E-state index in [9.17, 15) is 9.59 Å². The fourth-order valence-electron chi connectivity index (χ4n) is 2.36. The molecule has 0 atom stereocenters. The quantitative estimate of drug-likeness (QED) is 0.723. The molecule has 0 spiro atoms. The van der Waals surface area contributed by atoms with Gasteiger partial charge in [0.15, 0.2) is 0 Å². The summed E-state index contributed by atoms with van der Waals surface area (Å²) in [7, 11) is 0. The van der Waals surface area contributed by atoms with E-state index in [1.807, 2.05) is 36.6 Å². The van der Waals surface area contributed by atoms with Crippen LogP contribution in [0.4, 0.5) is 5.69 Å². The molecule has 0 aliphatic carbocycles. The Morgan fingerprint density at radius 3 is 2.74 bits per heavy atom. The molecule has 1 amide bonds. The summed E-state index contributed by atoms with van der Waals surface area (Å²) >= 11 is 1.61. The van der Waals surface area contributed by atoms with Gasteiger partial charge in [0, 0.05) is 16.0 Å². The molecule has 116 valence electrons. The number of benzene rings is 2. The third kappa shape index (κ3) is 3.43. The summed E-state index contributed by atoms with van der Waals surface area (Å²) in [5, 5.41) is 10.6. The number of anilines is 1. The van der Waals surface area contributed by atoms with Gasteiger partial charge < -0.3 is 5.32 Å². The molecule has 0 saturated carbocycles. The van der Waals surface area contributed by atoms with Crippen molar-refractivity contribution in [2.24, 2.45) is 0 Å². The van der Waals surface area contributed by atoms with E-state index in [0.717, 1.165) is 10.6 Å². The molecular weight excluding hydrogens is 310 g/mol. The number of thioether (sulfide) groups is 1. The van der Waals surface area contributed by atoms with Crippen LogP contribution in [0.15, 0.2) is 58.2 Å². The summed E-state index contributed by atoms with van der Waals surface area (Å²) in [5.74, 6) is -0.173. The number of hydrogen-bond donors (Lipinski definition) is 2. The molecule has 0 aliphatic rings. The maximum atomic E-state index is 12.3. The Morgan fingerprint density at radius 1 is 1.17 bits per heavy atom. The molecular formula is C17H15N3O2S. The number of hydrogen-bond acceptors (Lipinski definition) is 4. The molecule has 2 aromatic carbocycles. The van der Waals surface area contributed by atoms with Crippen molar-refractivity contribution in [3.05, 3.63) is 64.6 Å². The Bertz CT molecular complexity index is 921. The molecule has 0 radical (unpaired) electrons. The van der Waals surface area contributed by atoms with Gasteiger partial charge in [0.25, 0.3) is 5.56 Å². The van der Waals surface area contributed by atoms with E-state index in [1.54, 1.807) is 30.0 Å². The summed E-state index contributed by atoms with van der Waals surface area (Å²) in [6.45, 7) is 0. The second-order valence-electron chi connectivity index (χ2n) is 5.00. The number of H-pyrrole nitrogens is 1. The Hall–Kier alpha value is -2.60. The molecule has 1 heterocycles. The lowest BCUT2D eigenvalue weighted by atomic mass is 10.1. The van der Waals surface area contributed by atoms with Crippen LogP contribution in [0.2, 0.25) is 0 Å². The van der Waals surface area contributed by atoms with Crippen molar-refractivity contribution in [3.8, 4) is 0 Å². The van der Waals surface area contributed by atoms with Gasteiger partial charge in [0.05, 0.1) is 17.5 Å². The molecule has 23 heavy (non-hydrogen) atoms. The number of rotatable bonds is 4. The number of amides is 1. The maximum absolute atomic E-state index is 12.3. The number of fused-ring (bicyclic) bond motifs is 1. The molecule has 0 unspecified atom stereocenters. The van der Waals surface area contributed by atoms with Crippen LogP contribution in [0, 0.1) is 0 Å². The average molecular weight is 325 g/mol. The van der Waals surface area contributed by atoms with Crippen LogP contribution < -0.4 is 10.9 Å². The van der Waals surface area contributed by atoms with Crippen molar-refractivity contribution in [1.82, 2.24) is 10.2 Å². The van der Waals surface area contributed by atoms with Crippen molar-refractivity contribution in [1.29, 1.82) is 0 Å². The summed E-state index contributed by atoms with van der Waals surface area (Å²) < 4.78 is 0. The predicted molar refractivity (Wildman–Crippen MR) is 92.9 cm³/mol. The molecule has 1 aromatic heterocycles. The van der Waals surface area contributed by atoms with Crippen molar-refractivity contribution >= 4 is 34.1 Å². The first kappa shape index (κ1) is 15.3. The Kier molecular flexibility index (Phi) is 4.43. The number of nitrogens with one attached hydrogen (secondary N) is 2. The maximum Gasteiger partial charge on any atom is 0.272 e. The molecule has 3 rings (SSSR count). The van der Waals surface area contributed by atoms with Crippen molar-refractivity contribution < 1.29 is 4.79 Å². The number of aromatic amines is 1. The van der Waals surface area contributed by atoms with E-state index < -0.39 is 0 Å². The van der Waals surface area contributed by atoms with Gasteiger partial charge in [-0.25, -0.2) is 5.10 Å². The minimum absolute atomic E-state index is 0.0980. The van der Waals surface area contributed by atoms with Gasteiger partial charge >= 0.3 is 0 Å². The second kappa shape index (κ2) is 6.66. The highest BCUT2D eigenvalue weighted by atomic mass is 32.2. The Balaban J connectivity index is 1.83. The second-order valence-corrected chi connectivity index (χ2v) is 5.88. The Morgan fingerprint density at radius 2 is 1.96 bits per heavy atom. The largest absolute Gasteiger partial charge is 0.326 e. The molecule has 6 heteroatoms. The van der Waals surface area contributed by atoms with Gasteiger partial charge in [-0.2, -0.15) is 5.10 Å². The van der Waals surface area contributed by atoms with Crippen LogP contribution >= 0.6 is 11.8 Å². The zero-order valence-electron chi connectivity index (χ0n) is 12.5. The third-order valence-electron chi connectivity index (χ3n) is 3.46. The number of nitrogens with zero attached hydrogens (tertiary/aromatic N) is 1. The zero-order chi connectivity index (χ0) is 16.2. The van der Waals surface area contributed by atoms with Crippen LogP contribution in [0.1, 0.15) is 5.69 Å². The lowest BCUT2D eigenvalue weighted by molar-refractivity contribution is -0.115. The van der Waals surface area contributed by atoms with Gasteiger partial charge in [-0.05, 0) is 30.5 Å². The minimum Gasteiger partial charge on any atom is -0.326 e. The fourth-order valence-corrected chi connectivity index (χ4v) is 2.82. The van der Waals surface area contributed by atoms with Crippen molar-refractivity contribution in [3.63, 3.8) is 0 Å². The third-order valence-corrected chi connectivity index (χ3v) is 4.18. The monoisotopic (exact) mass is 325 g/mol. The Labute approximate surface area is 137 Å². The van der Waals surface area contributed by atoms with Crippen LogP contribution in [-0.2, 0) is 11.2 Å². The normalized spacial score (nSPS) is 10.7. The van der Waals surface area contributed by atoms with Crippen LogP contribution in [0.3, 0.4) is 0 Å². The lowest BCUT2D eigenvalue weighted by Crippen LogP contribution is -2.18. The summed E-state index contributed by atoms with van der Waals surface area (Å²) in [5.41, 5.74) is 1.05. The topological polar surface area (TPSA) is 74.8 Å². The number of carbonyl (C=O) groups excluding carboxylic acids is 1. The highest BCUT2D eigenvalue weighted by Crippen LogP contribution is 2.19. The summed E-state index contributed by atoms with van der Waals surface area (Å²) in [4.78, 5) is 25.1. The first-order chi connectivity index (χ1) is 11.2. The molecule has 2 N–H and O–H groups in total. The summed E-state index contributed by atoms with van der Waals surface area (Å²) in [6.07, 6.45) is 2.08. The van der Waals surface area contributed by atoms with Crippen molar-refractivity contribution in [2.45, 2.75) is 11.3 Å². The van der Waals surface area contributed by atoms with Gasteiger partial charge in [-0.3, -0.25) is 9.59 Å². The molecule has 0 bridgehead atoms. The molecule has 3 aromatic rings. The molecule has 0 aliphatic heterocycles. The van der Waals surface area contributed by atoms with Gasteiger partial charge in [0.2, 0.25) is 5.91 Å². The van der Waals surface area contributed by atoms with Crippen molar-refractivity contribution in [2.75, 3.05) is 11.6 Å². The lowest BCUT2D eigenvalue weighted by Gasteiger charge is -2.07. The highest BCUT2D eigenvalue weighted by Gasteiger charge is 2.11. The van der Waals surface area contributed by atoms with Crippen LogP contribution in [0.25, 0.3) is 10.8 Å². The van der Waals surface area contributed by atoms with Gasteiger partial charge in [-0.1, -0.05) is 24.3 Å². The smallest absolute Gasteiger partial charge is 0.272 e. The number of carbonyl (C=O) groups is 1. The first-order valence-electron chi connectivity index (χ1n) is 7.07. The van der Waals surface area contributed by atoms with Crippen LogP contribution in [-0.4, -0.2) is 22.4 Å². The summed E-state index contributed by atoms with van der Waals surface area (Å²) in [6, 6.07) is 14.8. The van der Waals surface area contributed by atoms with E-state index in [2.05, 4.69) is 15.5 Å². The zero-order valence-corrected chi connectivity index (χ0v) is 13.3. The fraction of sp³-hybridized carbons (Fsp3) is 0.118. The van der Waals surface area contributed by atoms with Gasteiger partial charge in [0.1, 0.15) is 0 Å². The minimum atomic E-state index is -0.252. The first-order valence-corrected chi connectivity index (χ1v) is 8.30. The number of aromatic nitrogens is 2.